The first-order valence-corrected chi connectivity index (χ1v) is 18.2. The predicted molar refractivity (Wildman–Crippen MR) is 223 cm³/mol. The van der Waals surface area contributed by atoms with Crippen LogP contribution in [0.5, 0.6) is 23.0 Å². The molecule has 0 fully saturated rings. The molecule has 0 unspecified atom stereocenters. The van der Waals surface area contributed by atoms with Crippen LogP contribution in [0.2, 0.25) is 0 Å². The van der Waals surface area contributed by atoms with Crippen molar-refractivity contribution in [1.82, 2.24) is 0 Å². The maximum atomic E-state index is 9.55. The van der Waals surface area contributed by atoms with Gasteiger partial charge in [0.2, 0.25) is 0 Å². The highest BCUT2D eigenvalue weighted by molar-refractivity contribution is 7.26. The lowest BCUT2D eigenvalue weighted by Gasteiger charge is -2.33. The molecule has 2 aliphatic rings. The Balaban J connectivity index is 1.03. The van der Waals surface area contributed by atoms with Gasteiger partial charge >= 0.3 is 0 Å². The van der Waals surface area contributed by atoms with Crippen molar-refractivity contribution in [2.24, 2.45) is 0 Å². The zero-order chi connectivity index (χ0) is 42.9. The van der Waals surface area contributed by atoms with Gasteiger partial charge < -0.3 is 9.47 Å². The zero-order valence-corrected chi connectivity index (χ0v) is 29.1. The van der Waals surface area contributed by atoms with Crippen LogP contribution in [-0.2, 0) is 0 Å². The Kier molecular flexibility index (Phi) is 5.04. The number of benzene rings is 8. The van der Waals surface area contributed by atoms with Crippen molar-refractivity contribution in [3.63, 3.8) is 0 Å². The summed E-state index contributed by atoms with van der Waals surface area (Å²) in [5, 5.41) is 2.31. The highest BCUT2D eigenvalue weighted by Gasteiger charge is 2.40. The highest BCUT2D eigenvalue weighted by Crippen LogP contribution is 2.45. The van der Waals surface area contributed by atoms with E-state index in [-0.39, 0.29) is 80.7 Å². The molecule has 0 N–H and O–H groups in total. The minimum absolute atomic E-state index is 0.00450. The molecule has 11 rings (SSSR count). The van der Waals surface area contributed by atoms with E-state index in [9.17, 15) is 2.74 Å². The molecule has 53 heavy (non-hydrogen) atoms. The molecule has 0 aliphatic carbocycles. The van der Waals surface area contributed by atoms with E-state index in [0.29, 0.717) is 5.56 Å². The first-order chi connectivity index (χ1) is 29.9. The summed E-state index contributed by atoms with van der Waals surface area (Å²) >= 11 is 1.75. The van der Waals surface area contributed by atoms with Crippen molar-refractivity contribution in [3.05, 3.63) is 175 Å². The van der Waals surface area contributed by atoms with Gasteiger partial charge in [0.05, 0.1) is 12.3 Å². The summed E-state index contributed by atoms with van der Waals surface area (Å²) < 4.78 is 95.3. The molecule has 248 valence electrons. The first kappa shape index (κ1) is 22.6. The summed E-state index contributed by atoms with van der Waals surface area (Å²) in [6.07, 6.45) is 0. The van der Waals surface area contributed by atoms with Crippen LogP contribution in [-0.4, -0.2) is 6.71 Å². The molecule has 0 saturated heterocycles. The van der Waals surface area contributed by atoms with Crippen LogP contribution in [0.3, 0.4) is 0 Å². The van der Waals surface area contributed by atoms with Crippen LogP contribution in [0, 0.1) is 6.92 Å². The lowest BCUT2D eigenvalue weighted by Crippen LogP contribution is -2.57. The zero-order valence-electron chi connectivity index (χ0n) is 37.3. The third kappa shape index (κ3) is 4.87. The molecule has 0 saturated carbocycles. The molecular formula is C49H31BO2S. The number of rotatable bonds is 4. The van der Waals surface area contributed by atoms with Gasteiger partial charge in [0.25, 0.3) is 6.71 Å². The number of hydrogen-bond acceptors (Lipinski definition) is 3. The lowest BCUT2D eigenvalue weighted by atomic mass is 9.35. The quantitative estimate of drug-likeness (QED) is 0.170. The van der Waals surface area contributed by atoms with Crippen molar-refractivity contribution >= 4 is 54.6 Å². The van der Waals surface area contributed by atoms with Gasteiger partial charge in [-0.2, -0.15) is 0 Å². The van der Waals surface area contributed by atoms with Gasteiger partial charge in [-0.3, -0.25) is 0 Å². The Morgan fingerprint density at radius 1 is 0.472 bits per heavy atom. The summed E-state index contributed by atoms with van der Waals surface area (Å²) in [6.45, 7) is 0.387. The first-order valence-electron chi connectivity index (χ1n) is 21.9. The second-order valence-electron chi connectivity index (χ2n) is 13.3. The maximum Gasteiger partial charge on any atom is 0.260 e. The maximum absolute atomic E-state index is 9.55. The smallest absolute Gasteiger partial charge is 0.260 e. The van der Waals surface area contributed by atoms with E-state index >= 15 is 0 Å². The molecule has 0 atom stereocenters. The highest BCUT2D eigenvalue weighted by atomic mass is 32.1. The average Bonchev–Trinajstić information content (AvgIpc) is 3.70. The third-order valence-electron chi connectivity index (χ3n) is 10.2. The molecule has 0 radical (unpaired) electrons. The van der Waals surface area contributed by atoms with Gasteiger partial charge in [0.15, 0.2) is 0 Å². The Bertz CT molecular complexity index is 3310. The fourth-order valence-corrected chi connectivity index (χ4v) is 9.00. The van der Waals surface area contributed by atoms with E-state index in [0.717, 1.165) is 37.9 Å². The van der Waals surface area contributed by atoms with E-state index in [1.165, 1.54) is 15.6 Å². The molecular weight excluding hydrogens is 663 g/mol. The Morgan fingerprint density at radius 3 is 1.68 bits per heavy atom. The second kappa shape index (κ2) is 11.8. The van der Waals surface area contributed by atoms with Crippen LogP contribution >= 0.6 is 11.3 Å². The topological polar surface area (TPSA) is 18.5 Å². The van der Waals surface area contributed by atoms with Crippen LogP contribution in [0.1, 0.15) is 17.9 Å². The summed E-state index contributed by atoms with van der Waals surface area (Å²) in [5.74, 6) is -0.372. The van der Waals surface area contributed by atoms with E-state index < -0.39 is 30.9 Å². The minimum Gasteiger partial charge on any atom is -0.458 e. The van der Waals surface area contributed by atoms with Gasteiger partial charge in [0, 0.05) is 25.6 Å². The number of ether oxygens (including phenoxy) is 2. The molecule has 2 nitrogen and oxygen atoms in total. The molecule has 8 aromatic carbocycles. The van der Waals surface area contributed by atoms with E-state index in [1.807, 2.05) is 42.5 Å². The van der Waals surface area contributed by atoms with Gasteiger partial charge in [0.1, 0.15) is 23.0 Å². The van der Waals surface area contributed by atoms with Crippen LogP contribution < -0.4 is 25.9 Å². The number of thiophene rings is 1. The summed E-state index contributed by atoms with van der Waals surface area (Å²) in [4.78, 5) is 0. The fourth-order valence-electron chi connectivity index (χ4n) is 7.63. The van der Waals surface area contributed by atoms with Gasteiger partial charge in [-0.15, -0.1) is 11.3 Å². The Morgan fingerprint density at radius 2 is 1.02 bits per heavy atom. The SMILES string of the molecule is [2H]c1c([2H])c([2H])c2c(c1[2H])Oc1c([2H])c(-c3ccc(-c4cccc5c4sc4c(-c6ccc(-c7ccccc7)cc6)cccc45)cc3)c([2H])c3c1B2c1c([2H])c([2H])c(C)c([2H])c1O3. The summed E-state index contributed by atoms with van der Waals surface area (Å²) in [6, 6.07) is 36.4. The molecule has 4 heteroatoms. The molecule has 3 heterocycles. The number of fused-ring (bicyclic) bond motifs is 7. The fraction of sp³-hybridized carbons (Fsp3) is 0.0204. The van der Waals surface area contributed by atoms with Crippen molar-refractivity contribution in [2.75, 3.05) is 0 Å². The Labute approximate surface area is 325 Å². The summed E-state index contributed by atoms with van der Waals surface area (Å²) in [5.41, 5.74) is 7.71. The lowest BCUT2D eigenvalue weighted by molar-refractivity contribution is 0.464. The van der Waals surface area contributed by atoms with Crippen molar-refractivity contribution in [1.29, 1.82) is 0 Å². The van der Waals surface area contributed by atoms with Crippen LogP contribution in [0.4, 0.5) is 0 Å². The van der Waals surface area contributed by atoms with Gasteiger partial charge in [-0.25, -0.2) is 0 Å². The third-order valence-corrected chi connectivity index (χ3v) is 11.5. The van der Waals surface area contributed by atoms with Crippen molar-refractivity contribution in [3.8, 4) is 67.5 Å². The molecule has 0 bridgehead atoms. The molecule has 0 amide bonds. The second-order valence-corrected chi connectivity index (χ2v) is 14.3. The van der Waals surface area contributed by atoms with E-state index in [4.69, 9.17) is 19.1 Å². The van der Waals surface area contributed by atoms with E-state index in [1.54, 1.807) is 18.3 Å². The summed E-state index contributed by atoms with van der Waals surface area (Å²) in [7, 11) is 0. The number of hydrogen-bond donors (Lipinski definition) is 0. The largest absolute Gasteiger partial charge is 0.458 e. The Hall–Kier alpha value is -6.36. The number of para-hydroxylation sites is 1. The molecule has 1 aromatic heterocycles. The molecule has 9 aromatic rings. The standard InChI is InChI=1S/C49H31BO2S/c1-30-17-26-42-44(27-30)52-46-29-36(28-45-47(46)50(42)41-15-5-6-16-43(41)51-45)33-20-24-35(25-21-33)38-12-8-14-40-39-13-7-11-37(48(39)53-49(38)40)34-22-18-32(19-23-34)31-9-3-2-4-10-31/h2-29H,1H3/i5D,6D,15D,16D,17D,26D,27D,28D,29D. The molecule has 2 aliphatic heterocycles. The predicted octanol–water partition coefficient (Wildman–Crippen LogP) is 11.8. The normalized spacial score (nSPS) is 14.9. The average molecular weight is 704 g/mol. The monoisotopic (exact) mass is 703 g/mol. The van der Waals surface area contributed by atoms with E-state index in [2.05, 4.69) is 72.8 Å². The van der Waals surface area contributed by atoms with Crippen molar-refractivity contribution in [2.45, 2.75) is 6.92 Å². The van der Waals surface area contributed by atoms with Gasteiger partial charge in [-0.1, -0.05) is 145 Å². The van der Waals surface area contributed by atoms with Crippen molar-refractivity contribution < 1.29 is 21.8 Å². The minimum atomic E-state index is -1.16. The van der Waals surface area contributed by atoms with Gasteiger partial charge in [-0.05, 0) is 92.1 Å². The molecule has 0 spiro atoms. The van der Waals surface area contributed by atoms with Crippen LogP contribution in [0.15, 0.2) is 170 Å². The van der Waals surface area contributed by atoms with Crippen LogP contribution in [0.25, 0.3) is 64.7 Å².